The van der Waals surface area contributed by atoms with Crippen LogP contribution in [0.4, 0.5) is 4.39 Å². The van der Waals surface area contributed by atoms with Crippen molar-refractivity contribution in [3.63, 3.8) is 0 Å². The average molecular weight is 309 g/mol. The second-order valence-electron chi connectivity index (χ2n) is 4.50. The van der Waals surface area contributed by atoms with Crippen LogP contribution in [-0.4, -0.2) is 22.6 Å². The summed E-state index contributed by atoms with van der Waals surface area (Å²) < 4.78 is 19.0. The Hall–Kier alpha value is -1.99. The predicted octanol–water partition coefficient (Wildman–Crippen LogP) is 2.44. The van der Waals surface area contributed by atoms with Gasteiger partial charge in [0.05, 0.1) is 24.4 Å². The van der Waals surface area contributed by atoms with Crippen LogP contribution in [-0.2, 0) is 17.8 Å². The van der Waals surface area contributed by atoms with Crippen LogP contribution in [0.25, 0.3) is 0 Å². The number of amidine groups is 1. The van der Waals surface area contributed by atoms with Crippen LogP contribution in [0.15, 0.2) is 28.9 Å². The number of rotatable bonds is 6. The zero-order chi connectivity index (χ0) is 15.2. The Kier molecular flexibility index (Phi) is 5.24. The highest BCUT2D eigenvalue weighted by molar-refractivity contribution is 7.09. The van der Waals surface area contributed by atoms with Crippen LogP contribution in [0, 0.1) is 12.7 Å². The van der Waals surface area contributed by atoms with E-state index < -0.39 is 5.82 Å². The first kappa shape index (κ1) is 15.4. The molecule has 0 saturated heterocycles. The third-order valence-electron chi connectivity index (χ3n) is 2.95. The lowest BCUT2D eigenvalue weighted by molar-refractivity contribution is 0.124. The standard InChI is InChI=1S/C14H16FN3O2S/c1-9-13(21-8-17-9)2-3-20-7-10-4-11(14(16)18-19)6-12(15)5-10/h4-6,8,19H,2-3,7H2,1H3,(H2,16,18). The minimum Gasteiger partial charge on any atom is -0.409 e. The number of nitrogens with two attached hydrogens (primary N) is 1. The van der Waals surface area contributed by atoms with Crippen molar-refractivity contribution in [2.45, 2.75) is 20.0 Å². The number of hydrogen-bond acceptors (Lipinski definition) is 5. The summed E-state index contributed by atoms with van der Waals surface area (Å²) in [6, 6.07) is 4.21. The van der Waals surface area contributed by atoms with E-state index in [1.54, 1.807) is 22.9 Å². The monoisotopic (exact) mass is 309 g/mol. The molecule has 0 bridgehead atoms. The number of hydrogen-bond donors (Lipinski definition) is 2. The van der Waals surface area contributed by atoms with Crippen molar-refractivity contribution in [1.82, 2.24) is 4.98 Å². The normalized spacial score (nSPS) is 11.8. The highest BCUT2D eigenvalue weighted by Gasteiger charge is 2.06. The average Bonchev–Trinajstić information content (AvgIpc) is 2.87. The second kappa shape index (κ2) is 7.14. The first-order chi connectivity index (χ1) is 10.1. The number of halogens is 1. The molecule has 0 saturated carbocycles. The Labute approximate surface area is 125 Å². The third kappa shape index (κ3) is 4.24. The van der Waals surface area contributed by atoms with E-state index in [9.17, 15) is 4.39 Å². The largest absolute Gasteiger partial charge is 0.409 e. The molecule has 1 aromatic carbocycles. The molecule has 0 amide bonds. The van der Waals surface area contributed by atoms with Gasteiger partial charge in [-0.15, -0.1) is 11.3 Å². The summed E-state index contributed by atoms with van der Waals surface area (Å²) in [4.78, 5) is 5.35. The molecule has 1 aromatic heterocycles. The van der Waals surface area contributed by atoms with E-state index in [1.165, 1.54) is 17.0 Å². The molecule has 0 aliphatic rings. The van der Waals surface area contributed by atoms with Gasteiger partial charge in [-0.3, -0.25) is 0 Å². The van der Waals surface area contributed by atoms with Crippen LogP contribution in [0.1, 0.15) is 21.7 Å². The predicted molar refractivity (Wildman–Crippen MR) is 79.1 cm³/mol. The fraction of sp³-hybridized carbons (Fsp3) is 0.286. The van der Waals surface area contributed by atoms with Gasteiger partial charge >= 0.3 is 0 Å². The molecule has 0 radical (unpaired) electrons. The lowest BCUT2D eigenvalue weighted by Crippen LogP contribution is -2.14. The molecule has 0 atom stereocenters. The van der Waals surface area contributed by atoms with E-state index in [0.29, 0.717) is 17.7 Å². The summed E-state index contributed by atoms with van der Waals surface area (Å²) >= 11 is 1.60. The molecule has 0 aliphatic heterocycles. The molecule has 2 aromatic rings. The molecule has 0 fully saturated rings. The van der Waals surface area contributed by atoms with Crippen molar-refractivity contribution >= 4 is 17.2 Å². The molecule has 3 N–H and O–H groups in total. The molecule has 112 valence electrons. The number of benzene rings is 1. The van der Waals surface area contributed by atoms with Gasteiger partial charge in [-0.05, 0) is 30.7 Å². The van der Waals surface area contributed by atoms with Gasteiger partial charge in [-0.1, -0.05) is 5.16 Å². The number of oxime groups is 1. The van der Waals surface area contributed by atoms with Crippen molar-refractivity contribution in [3.05, 3.63) is 51.2 Å². The minimum absolute atomic E-state index is 0.129. The van der Waals surface area contributed by atoms with Gasteiger partial charge in [0.15, 0.2) is 5.84 Å². The molecule has 0 aliphatic carbocycles. The highest BCUT2D eigenvalue weighted by atomic mass is 32.1. The van der Waals surface area contributed by atoms with E-state index >= 15 is 0 Å². The van der Waals surface area contributed by atoms with E-state index in [4.69, 9.17) is 15.7 Å². The van der Waals surface area contributed by atoms with Crippen molar-refractivity contribution in [2.75, 3.05) is 6.61 Å². The third-order valence-corrected chi connectivity index (χ3v) is 3.94. The number of aromatic nitrogens is 1. The molecule has 1 heterocycles. The van der Waals surface area contributed by atoms with E-state index in [-0.39, 0.29) is 12.4 Å². The Balaban J connectivity index is 1.91. The Morgan fingerprint density at radius 1 is 1.48 bits per heavy atom. The number of nitrogens with zero attached hydrogens (tertiary/aromatic N) is 2. The smallest absolute Gasteiger partial charge is 0.170 e. The molecule has 7 heteroatoms. The van der Waals surface area contributed by atoms with Crippen LogP contribution in [0.5, 0.6) is 0 Å². The number of aryl methyl sites for hydroxylation is 1. The molecule has 0 spiro atoms. The van der Waals surface area contributed by atoms with Crippen LogP contribution in [0.2, 0.25) is 0 Å². The van der Waals surface area contributed by atoms with E-state index in [2.05, 4.69) is 10.1 Å². The van der Waals surface area contributed by atoms with E-state index in [1.807, 2.05) is 6.92 Å². The summed E-state index contributed by atoms with van der Waals surface area (Å²) in [6.45, 7) is 2.75. The highest BCUT2D eigenvalue weighted by Crippen LogP contribution is 2.14. The number of ether oxygens (including phenoxy) is 1. The summed E-state index contributed by atoms with van der Waals surface area (Å²) in [7, 11) is 0. The van der Waals surface area contributed by atoms with Crippen LogP contribution < -0.4 is 5.73 Å². The first-order valence-electron chi connectivity index (χ1n) is 6.34. The summed E-state index contributed by atoms with van der Waals surface area (Å²) in [5.41, 5.74) is 9.24. The lowest BCUT2D eigenvalue weighted by atomic mass is 10.1. The van der Waals surface area contributed by atoms with Gasteiger partial charge < -0.3 is 15.7 Å². The lowest BCUT2D eigenvalue weighted by Gasteiger charge is -2.06. The zero-order valence-corrected chi connectivity index (χ0v) is 12.4. The summed E-state index contributed by atoms with van der Waals surface area (Å²) in [5, 5.41) is 11.5. The molecule has 0 unspecified atom stereocenters. The van der Waals surface area contributed by atoms with Gasteiger partial charge in [-0.25, -0.2) is 9.37 Å². The molecule has 5 nitrogen and oxygen atoms in total. The Morgan fingerprint density at radius 3 is 2.95 bits per heavy atom. The van der Waals surface area contributed by atoms with Gasteiger partial charge in [0.1, 0.15) is 5.82 Å². The summed E-state index contributed by atoms with van der Waals surface area (Å²) in [6.07, 6.45) is 0.777. The maximum absolute atomic E-state index is 13.5. The Bertz CT molecular complexity index is 643. The van der Waals surface area contributed by atoms with Crippen molar-refractivity contribution in [3.8, 4) is 0 Å². The van der Waals surface area contributed by atoms with Crippen molar-refractivity contribution in [1.29, 1.82) is 0 Å². The number of thiazole rings is 1. The van der Waals surface area contributed by atoms with Gasteiger partial charge in [0.2, 0.25) is 0 Å². The fourth-order valence-electron chi connectivity index (χ4n) is 1.86. The molecular weight excluding hydrogens is 293 g/mol. The summed E-state index contributed by atoms with van der Waals surface area (Å²) in [5.74, 6) is -0.577. The second-order valence-corrected chi connectivity index (χ2v) is 5.44. The zero-order valence-electron chi connectivity index (χ0n) is 11.5. The van der Waals surface area contributed by atoms with Gasteiger partial charge in [0, 0.05) is 16.9 Å². The quantitative estimate of drug-likeness (QED) is 0.282. The minimum atomic E-state index is -0.448. The Morgan fingerprint density at radius 2 is 2.29 bits per heavy atom. The maximum atomic E-state index is 13.5. The molecular formula is C14H16FN3O2S. The van der Waals surface area contributed by atoms with Crippen molar-refractivity contribution in [2.24, 2.45) is 10.9 Å². The topological polar surface area (TPSA) is 80.7 Å². The SMILES string of the molecule is Cc1ncsc1CCOCc1cc(F)cc(/C(N)=N/O)c1. The van der Waals surface area contributed by atoms with Crippen molar-refractivity contribution < 1.29 is 14.3 Å². The van der Waals surface area contributed by atoms with Crippen LogP contribution >= 0.6 is 11.3 Å². The first-order valence-corrected chi connectivity index (χ1v) is 7.22. The van der Waals surface area contributed by atoms with Gasteiger partial charge in [-0.2, -0.15) is 0 Å². The maximum Gasteiger partial charge on any atom is 0.170 e. The van der Waals surface area contributed by atoms with E-state index in [0.717, 1.165) is 12.1 Å². The van der Waals surface area contributed by atoms with Crippen LogP contribution in [0.3, 0.4) is 0 Å². The van der Waals surface area contributed by atoms with Gasteiger partial charge in [0.25, 0.3) is 0 Å². The fourth-order valence-corrected chi connectivity index (χ4v) is 2.62. The molecule has 2 rings (SSSR count). The molecule has 21 heavy (non-hydrogen) atoms.